The Labute approximate surface area is 168 Å². The number of benzene rings is 1. The van der Waals surface area contributed by atoms with Crippen molar-refractivity contribution in [3.8, 4) is 5.75 Å². The van der Waals surface area contributed by atoms with Crippen LogP contribution in [-0.2, 0) is 20.9 Å². The summed E-state index contributed by atoms with van der Waals surface area (Å²) < 4.78 is 16.8. The lowest BCUT2D eigenvalue weighted by atomic mass is 9.82. The first kappa shape index (κ1) is 22.6. The van der Waals surface area contributed by atoms with E-state index >= 15 is 0 Å². The maximum Gasteiger partial charge on any atom is 0.164 e. The summed E-state index contributed by atoms with van der Waals surface area (Å²) in [6, 6.07) is 7.60. The van der Waals surface area contributed by atoms with Crippen LogP contribution in [0.1, 0.15) is 52.0 Å². The van der Waals surface area contributed by atoms with Gasteiger partial charge in [0.05, 0.1) is 19.8 Å². The summed E-state index contributed by atoms with van der Waals surface area (Å²) in [6.45, 7) is 6.73. The molecule has 5 heteroatoms. The van der Waals surface area contributed by atoms with Crippen molar-refractivity contribution in [3.05, 3.63) is 41.0 Å². The van der Waals surface area contributed by atoms with Gasteiger partial charge in [-0.1, -0.05) is 38.0 Å². The molecule has 5 nitrogen and oxygen atoms in total. The van der Waals surface area contributed by atoms with Crippen LogP contribution in [0.15, 0.2) is 35.4 Å². The minimum absolute atomic E-state index is 0.0364. The molecule has 1 N–H and O–H groups in total. The summed E-state index contributed by atoms with van der Waals surface area (Å²) in [6.07, 6.45) is 1.11. The molecule has 0 unspecified atom stereocenters. The van der Waals surface area contributed by atoms with Gasteiger partial charge < -0.3 is 19.3 Å². The first-order chi connectivity index (χ1) is 13.4. The Morgan fingerprint density at radius 3 is 2.46 bits per heavy atom. The van der Waals surface area contributed by atoms with E-state index in [9.17, 15) is 9.90 Å². The summed E-state index contributed by atoms with van der Waals surface area (Å²) >= 11 is 0. The van der Waals surface area contributed by atoms with Crippen molar-refractivity contribution < 1.29 is 24.1 Å². The van der Waals surface area contributed by atoms with E-state index in [1.54, 1.807) is 14.2 Å². The molecule has 1 fully saturated rings. The minimum atomic E-state index is -0.872. The Balaban J connectivity index is 2.12. The van der Waals surface area contributed by atoms with Gasteiger partial charge in [0.2, 0.25) is 0 Å². The average Bonchev–Trinajstić information content (AvgIpc) is 2.66. The maximum absolute atomic E-state index is 12.6. The fraction of sp³-hybridized carbons (Fsp3) is 0.609. The Morgan fingerprint density at radius 2 is 1.89 bits per heavy atom. The summed E-state index contributed by atoms with van der Waals surface area (Å²) in [5, 5.41) is 10.5. The highest BCUT2D eigenvalue weighted by Crippen LogP contribution is 2.31. The van der Waals surface area contributed by atoms with Gasteiger partial charge in [0.1, 0.15) is 18.0 Å². The van der Waals surface area contributed by atoms with Gasteiger partial charge in [-0.05, 0) is 43.4 Å². The quantitative estimate of drug-likeness (QED) is 0.644. The lowest BCUT2D eigenvalue weighted by Crippen LogP contribution is -2.49. The summed E-state index contributed by atoms with van der Waals surface area (Å²) in [7, 11) is 3.20. The lowest BCUT2D eigenvalue weighted by molar-refractivity contribution is -0.142. The number of ketones is 1. The predicted molar refractivity (Wildman–Crippen MR) is 109 cm³/mol. The molecule has 2 rings (SSSR count). The number of hydrogen-bond donors (Lipinski definition) is 1. The van der Waals surface area contributed by atoms with Gasteiger partial charge in [-0.3, -0.25) is 4.79 Å². The Hall–Kier alpha value is -1.69. The van der Waals surface area contributed by atoms with E-state index in [0.717, 1.165) is 36.1 Å². The highest BCUT2D eigenvalue weighted by molar-refractivity contribution is 5.98. The highest BCUT2D eigenvalue weighted by atomic mass is 16.5. The minimum Gasteiger partial charge on any atom is -0.497 e. The molecule has 0 heterocycles. The summed E-state index contributed by atoms with van der Waals surface area (Å²) in [5.74, 6) is 1.38. The van der Waals surface area contributed by atoms with Crippen molar-refractivity contribution in [2.45, 2.75) is 71.4 Å². The molecule has 1 aromatic carbocycles. The van der Waals surface area contributed by atoms with Crippen LogP contribution in [0.4, 0.5) is 0 Å². The zero-order valence-corrected chi connectivity index (χ0v) is 17.7. The van der Waals surface area contributed by atoms with Crippen molar-refractivity contribution in [3.63, 3.8) is 0 Å². The second kappa shape index (κ2) is 10.7. The normalized spacial score (nSPS) is 24.5. The SMILES string of the molecule is COc1ccc(CO[C@@H]2[C@@H](O)CC(=O)C(=C(C)CCCC(C)C)[C@@H]2OC)cc1. The third-order valence-corrected chi connectivity index (χ3v) is 5.31. The van der Waals surface area contributed by atoms with Crippen LogP contribution < -0.4 is 4.74 Å². The van der Waals surface area contributed by atoms with E-state index in [-0.39, 0.29) is 12.2 Å². The molecule has 1 aliphatic rings. The molecule has 0 bridgehead atoms. The van der Waals surface area contributed by atoms with Crippen molar-refractivity contribution in [1.29, 1.82) is 0 Å². The van der Waals surface area contributed by atoms with Crippen LogP contribution in [0, 0.1) is 5.92 Å². The molecule has 1 aliphatic carbocycles. The first-order valence-corrected chi connectivity index (χ1v) is 10.1. The van der Waals surface area contributed by atoms with E-state index in [4.69, 9.17) is 14.2 Å². The second-order valence-electron chi connectivity index (χ2n) is 7.95. The van der Waals surface area contributed by atoms with Crippen molar-refractivity contribution in [2.75, 3.05) is 14.2 Å². The summed E-state index contributed by atoms with van der Waals surface area (Å²) in [5.41, 5.74) is 2.69. The molecule has 0 radical (unpaired) electrons. The van der Waals surface area contributed by atoms with Crippen LogP contribution >= 0.6 is 0 Å². The second-order valence-corrected chi connectivity index (χ2v) is 7.95. The summed E-state index contributed by atoms with van der Waals surface area (Å²) in [4.78, 5) is 12.6. The molecule has 28 heavy (non-hydrogen) atoms. The zero-order valence-electron chi connectivity index (χ0n) is 17.7. The van der Waals surface area contributed by atoms with Crippen molar-refractivity contribution in [1.82, 2.24) is 0 Å². The van der Waals surface area contributed by atoms with Crippen LogP contribution in [0.3, 0.4) is 0 Å². The van der Waals surface area contributed by atoms with E-state index in [1.807, 2.05) is 31.2 Å². The molecular weight excluding hydrogens is 356 g/mol. The van der Waals surface area contributed by atoms with Crippen LogP contribution in [0.25, 0.3) is 0 Å². The van der Waals surface area contributed by atoms with Gasteiger partial charge in [0.15, 0.2) is 5.78 Å². The van der Waals surface area contributed by atoms with Gasteiger partial charge in [0.25, 0.3) is 0 Å². The zero-order chi connectivity index (χ0) is 20.7. The molecule has 156 valence electrons. The molecule has 0 aromatic heterocycles. The lowest BCUT2D eigenvalue weighted by Gasteiger charge is -2.36. The number of rotatable bonds is 9. The maximum atomic E-state index is 12.6. The van der Waals surface area contributed by atoms with Gasteiger partial charge in [0, 0.05) is 19.1 Å². The van der Waals surface area contributed by atoms with Crippen LogP contribution in [0.2, 0.25) is 0 Å². The molecule has 1 saturated carbocycles. The molecule has 0 aliphatic heterocycles. The van der Waals surface area contributed by atoms with Crippen LogP contribution in [0.5, 0.6) is 5.75 Å². The van der Waals surface area contributed by atoms with E-state index in [0.29, 0.717) is 18.1 Å². The predicted octanol–water partition coefficient (Wildman–Crippen LogP) is 4.07. The van der Waals surface area contributed by atoms with E-state index < -0.39 is 18.3 Å². The number of allylic oxidation sites excluding steroid dienone is 1. The Bertz CT molecular complexity index is 662. The molecule has 0 spiro atoms. The third kappa shape index (κ3) is 5.90. The number of hydrogen-bond acceptors (Lipinski definition) is 5. The molecular formula is C23H34O5. The average molecular weight is 391 g/mol. The first-order valence-electron chi connectivity index (χ1n) is 10.1. The fourth-order valence-electron chi connectivity index (χ4n) is 3.70. The number of methoxy groups -OCH3 is 2. The van der Waals surface area contributed by atoms with Gasteiger partial charge in [-0.15, -0.1) is 0 Å². The van der Waals surface area contributed by atoms with Gasteiger partial charge >= 0.3 is 0 Å². The number of aliphatic hydroxyl groups excluding tert-OH is 1. The number of aliphatic hydroxyl groups is 1. The van der Waals surface area contributed by atoms with Crippen molar-refractivity contribution >= 4 is 5.78 Å². The molecule has 0 amide bonds. The van der Waals surface area contributed by atoms with Crippen LogP contribution in [-0.4, -0.2) is 43.4 Å². The number of carbonyl (C=O) groups excluding carboxylic acids is 1. The standard InChI is InChI=1S/C23H34O5/c1-15(2)7-6-8-16(3)21-19(24)13-20(25)22(23(21)27-5)28-14-17-9-11-18(26-4)12-10-17/h9-12,15,20,22-23,25H,6-8,13-14H2,1-5H3/t20-,22+,23-/m0/s1. The number of ether oxygens (including phenoxy) is 3. The molecule has 3 atom stereocenters. The van der Waals surface area contributed by atoms with Gasteiger partial charge in [-0.25, -0.2) is 0 Å². The topological polar surface area (TPSA) is 65.0 Å². The monoisotopic (exact) mass is 390 g/mol. The highest BCUT2D eigenvalue weighted by Gasteiger charge is 2.41. The Kier molecular flexibility index (Phi) is 8.67. The fourth-order valence-corrected chi connectivity index (χ4v) is 3.70. The smallest absolute Gasteiger partial charge is 0.164 e. The molecule has 1 aromatic rings. The van der Waals surface area contributed by atoms with Gasteiger partial charge in [-0.2, -0.15) is 0 Å². The Morgan fingerprint density at radius 1 is 1.21 bits per heavy atom. The largest absolute Gasteiger partial charge is 0.497 e. The van der Waals surface area contributed by atoms with Crippen molar-refractivity contribution in [2.24, 2.45) is 5.92 Å². The van der Waals surface area contributed by atoms with E-state index in [1.165, 1.54) is 0 Å². The van der Waals surface area contributed by atoms with E-state index in [2.05, 4.69) is 13.8 Å². The third-order valence-electron chi connectivity index (χ3n) is 5.31. The number of Topliss-reactive ketones (excluding diaryl/α,β-unsaturated/α-hetero) is 1. The molecule has 0 saturated heterocycles. The number of carbonyl (C=O) groups is 1.